The van der Waals surface area contributed by atoms with Gasteiger partial charge in [-0.2, -0.15) is 0 Å². The minimum absolute atomic E-state index is 0.00577. The lowest BCUT2D eigenvalue weighted by Crippen LogP contribution is -2.26. The number of ether oxygens (including phenoxy) is 2. The second-order valence-corrected chi connectivity index (χ2v) is 6.63. The Hall–Kier alpha value is -2.12. The summed E-state index contributed by atoms with van der Waals surface area (Å²) in [6, 6.07) is 9.32. The van der Waals surface area contributed by atoms with Crippen molar-refractivity contribution >= 4 is 10.0 Å². The third-order valence-corrected chi connectivity index (χ3v) is 4.92. The van der Waals surface area contributed by atoms with E-state index < -0.39 is 21.9 Å². The summed E-state index contributed by atoms with van der Waals surface area (Å²) < 4.78 is 50.5. The molecule has 5 nitrogen and oxygen atoms in total. The molecule has 2 aromatic carbocycles. The summed E-state index contributed by atoms with van der Waals surface area (Å²) in [5.41, 5.74) is 0.716. The molecule has 0 unspecified atom stereocenters. The van der Waals surface area contributed by atoms with Gasteiger partial charge in [-0.15, -0.1) is 0 Å². The fraction of sp³-hybridized carbons (Fsp3) is 0.250. The Labute approximate surface area is 135 Å². The molecule has 0 radical (unpaired) electrons. The fourth-order valence-corrected chi connectivity index (χ4v) is 3.34. The predicted molar refractivity (Wildman–Crippen MR) is 84.7 cm³/mol. The van der Waals surface area contributed by atoms with Gasteiger partial charge >= 0.3 is 0 Å². The monoisotopic (exact) mass is 339 g/mol. The summed E-state index contributed by atoms with van der Waals surface area (Å²) in [7, 11) is -0.714. The maximum atomic E-state index is 12.9. The smallest absolute Gasteiger partial charge is 0.241 e. The van der Waals surface area contributed by atoms with Crippen LogP contribution in [0.3, 0.4) is 0 Å². The van der Waals surface area contributed by atoms with E-state index in [2.05, 4.69) is 4.72 Å². The van der Waals surface area contributed by atoms with E-state index in [0.717, 1.165) is 12.1 Å². The summed E-state index contributed by atoms with van der Waals surface area (Å²) in [6.07, 6.45) is 0. The molecule has 0 bridgehead atoms. The summed E-state index contributed by atoms with van der Waals surface area (Å²) in [5, 5.41) is 0. The van der Waals surface area contributed by atoms with Gasteiger partial charge in [0.1, 0.15) is 5.82 Å². The third kappa shape index (κ3) is 4.00. The first kappa shape index (κ1) is 17.2. The molecule has 1 N–H and O–H groups in total. The number of hydrogen-bond acceptors (Lipinski definition) is 4. The number of rotatable bonds is 6. The highest BCUT2D eigenvalue weighted by Crippen LogP contribution is 2.30. The first-order valence-corrected chi connectivity index (χ1v) is 8.35. The highest BCUT2D eigenvalue weighted by atomic mass is 32.2. The third-order valence-electron chi connectivity index (χ3n) is 3.36. The van der Waals surface area contributed by atoms with Crippen LogP contribution >= 0.6 is 0 Å². The molecule has 2 aromatic rings. The zero-order valence-electron chi connectivity index (χ0n) is 13.0. The van der Waals surface area contributed by atoms with Gasteiger partial charge in [-0.25, -0.2) is 17.5 Å². The van der Waals surface area contributed by atoms with Crippen LogP contribution in [0.25, 0.3) is 0 Å². The molecule has 7 heteroatoms. The largest absolute Gasteiger partial charge is 0.493 e. The van der Waals surface area contributed by atoms with Gasteiger partial charge in [-0.05, 0) is 48.9 Å². The van der Waals surface area contributed by atoms with Crippen molar-refractivity contribution in [1.29, 1.82) is 0 Å². The maximum Gasteiger partial charge on any atom is 0.241 e. The molecule has 0 aliphatic heterocycles. The van der Waals surface area contributed by atoms with Crippen molar-refractivity contribution < 1.29 is 22.3 Å². The molecule has 2 rings (SSSR count). The fourth-order valence-electron chi connectivity index (χ4n) is 2.10. The van der Waals surface area contributed by atoms with E-state index in [1.165, 1.54) is 26.4 Å². The quantitative estimate of drug-likeness (QED) is 0.879. The normalized spacial score (nSPS) is 12.7. The van der Waals surface area contributed by atoms with Crippen LogP contribution in [0.4, 0.5) is 4.39 Å². The lowest BCUT2D eigenvalue weighted by molar-refractivity contribution is 0.354. The molecule has 0 aliphatic carbocycles. The zero-order valence-corrected chi connectivity index (χ0v) is 13.9. The summed E-state index contributed by atoms with van der Waals surface area (Å²) >= 11 is 0. The highest BCUT2D eigenvalue weighted by molar-refractivity contribution is 7.89. The van der Waals surface area contributed by atoms with Crippen molar-refractivity contribution in [2.45, 2.75) is 17.9 Å². The molecular weight excluding hydrogens is 321 g/mol. The van der Waals surface area contributed by atoms with Crippen LogP contribution in [0.2, 0.25) is 0 Å². The Morgan fingerprint density at radius 2 is 1.61 bits per heavy atom. The van der Waals surface area contributed by atoms with E-state index in [-0.39, 0.29) is 4.90 Å². The molecule has 0 saturated carbocycles. The molecule has 0 fully saturated rings. The Bertz CT molecular complexity index is 775. The van der Waals surface area contributed by atoms with Crippen LogP contribution in [0.15, 0.2) is 47.4 Å². The van der Waals surface area contributed by atoms with Gasteiger partial charge in [-0.3, -0.25) is 0 Å². The number of methoxy groups -OCH3 is 2. The number of halogens is 1. The second kappa shape index (κ2) is 6.97. The van der Waals surface area contributed by atoms with Crippen molar-refractivity contribution in [3.05, 3.63) is 53.8 Å². The summed E-state index contributed by atoms with van der Waals surface area (Å²) in [4.78, 5) is 0.00577. The maximum absolute atomic E-state index is 12.9. The van der Waals surface area contributed by atoms with E-state index >= 15 is 0 Å². The highest BCUT2D eigenvalue weighted by Gasteiger charge is 2.19. The van der Waals surface area contributed by atoms with Gasteiger partial charge in [0.2, 0.25) is 10.0 Å². The molecule has 0 aliphatic rings. The average Bonchev–Trinajstić information content (AvgIpc) is 2.54. The second-order valence-electron chi connectivity index (χ2n) is 4.91. The van der Waals surface area contributed by atoms with Crippen molar-refractivity contribution in [2.75, 3.05) is 14.2 Å². The Kier molecular flexibility index (Phi) is 5.23. The van der Waals surface area contributed by atoms with E-state index in [9.17, 15) is 12.8 Å². The number of nitrogens with one attached hydrogen (secondary N) is 1. The van der Waals surface area contributed by atoms with Crippen LogP contribution in [0.5, 0.6) is 11.5 Å². The molecule has 0 aromatic heterocycles. The van der Waals surface area contributed by atoms with E-state index in [1.54, 1.807) is 25.1 Å². The number of hydrogen-bond donors (Lipinski definition) is 1. The number of benzene rings is 2. The first-order chi connectivity index (χ1) is 10.9. The zero-order chi connectivity index (χ0) is 17.0. The van der Waals surface area contributed by atoms with Gasteiger partial charge < -0.3 is 9.47 Å². The molecule has 23 heavy (non-hydrogen) atoms. The molecule has 0 heterocycles. The standard InChI is InChI=1S/C16H18FNO4S/c1-11(12-4-9-15(21-2)16(10-12)22-3)18-23(19,20)14-7-5-13(17)6-8-14/h4-11,18H,1-3H3/t11-/m0/s1. The Balaban J connectivity index is 2.24. The Morgan fingerprint density at radius 1 is 1.00 bits per heavy atom. The van der Waals surface area contributed by atoms with Crippen molar-refractivity contribution in [2.24, 2.45) is 0 Å². The van der Waals surface area contributed by atoms with Gasteiger partial charge in [0.05, 0.1) is 19.1 Å². The molecule has 0 amide bonds. The van der Waals surface area contributed by atoms with E-state index in [4.69, 9.17) is 9.47 Å². The Morgan fingerprint density at radius 3 is 2.17 bits per heavy atom. The number of sulfonamides is 1. The predicted octanol–water partition coefficient (Wildman–Crippen LogP) is 2.88. The minimum Gasteiger partial charge on any atom is -0.493 e. The first-order valence-electron chi connectivity index (χ1n) is 6.87. The van der Waals surface area contributed by atoms with Crippen LogP contribution in [0, 0.1) is 5.82 Å². The molecule has 0 spiro atoms. The minimum atomic E-state index is -3.75. The van der Waals surface area contributed by atoms with Gasteiger partial charge in [0, 0.05) is 6.04 Å². The summed E-state index contributed by atoms with van der Waals surface area (Å²) in [6.45, 7) is 1.71. The van der Waals surface area contributed by atoms with Crippen LogP contribution < -0.4 is 14.2 Å². The van der Waals surface area contributed by atoms with Crippen LogP contribution in [0.1, 0.15) is 18.5 Å². The SMILES string of the molecule is COc1ccc([C@H](C)NS(=O)(=O)c2ccc(F)cc2)cc1OC. The van der Waals surface area contributed by atoms with Crippen LogP contribution in [-0.2, 0) is 10.0 Å². The van der Waals surface area contributed by atoms with E-state index in [1.807, 2.05) is 0 Å². The van der Waals surface area contributed by atoms with Gasteiger partial charge in [-0.1, -0.05) is 6.07 Å². The lowest BCUT2D eigenvalue weighted by Gasteiger charge is -2.16. The van der Waals surface area contributed by atoms with Crippen LogP contribution in [-0.4, -0.2) is 22.6 Å². The lowest BCUT2D eigenvalue weighted by atomic mass is 10.1. The van der Waals surface area contributed by atoms with Crippen molar-refractivity contribution in [3.8, 4) is 11.5 Å². The van der Waals surface area contributed by atoms with Crippen molar-refractivity contribution in [1.82, 2.24) is 4.72 Å². The van der Waals surface area contributed by atoms with Gasteiger partial charge in [0.25, 0.3) is 0 Å². The molecular formula is C16H18FNO4S. The van der Waals surface area contributed by atoms with Crippen molar-refractivity contribution in [3.63, 3.8) is 0 Å². The molecule has 1 atom stereocenters. The summed E-state index contributed by atoms with van der Waals surface area (Å²) in [5.74, 6) is 0.583. The van der Waals surface area contributed by atoms with Gasteiger partial charge in [0.15, 0.2) is 11.5 Å². The molecule has 124 valence electrons. The van der Waals surface area contributed by atoms with E-state index in [0.29, 0.717) is 17.1 Å². The average molecular weight is 339 g/mol. The molecule has 0 saturated heterocycles. The topological polar surface area (TPSA) is 64.6 Å².